The largest absolute Gasteiger partial charge is 0.317 e. The van der Waals surface area contributed by atoms with E-state index in [4.69, 9.17) is 11.6 Å². The van der Waals surface area contributed by atoms with Gasteiger partial charge in [-0.1, -0.05) is 35.1 Å². The SMILES string of the molecule is O=C(Nc1ccc(F)cc1F)c1nnc([C@H]2CCCN2S(=O)(=O)c2ccccc2Cl)s1. The Morgan fingerprint density at radius 1 is 1.19 bits per heavy atom. The fourth-order valence-electron chi connectivity index (χ4n) is 3.28. The molecule has 3 aromatic rings. The van der Waals surface area contributed by atoms with Crippen LogP contribution in [0.4, 0.5) is 14.5 Å². The Hall–Kier alpha value is -2.47. The van der Waals surface area contributed by atoms with Gasteiger partial charge in [0.2, 0.25) is 15.0 Å². The van der Waals surface area contributed by atoms with Crippen molar-refractivity contribution >= 4 is 44.6 Å². The Kier molecular flexibility index (Phi) is 6.02. The average Bonchev–Trinajstić information content (AvgIpc) is 3.40. The summed E-state index contributed by atoms with van der Waals surface area (Å²) in [6, 6.07) is 8.33. The van der Waals surface area contributed by atoms with Gasteiger partial charge in [0.1, 0.15) is 21.5 Å². The van der Waals surface area contributed by atoms with Crippen LogP contribution in [0.25, 0.3) is 0 Å². The van der Waals surface area contributed by atoms with Crippen LogP contribution in [-0.4, -0.2) is 35.4 Å². The molecule has 0 unspecified atom stereocenters. The molecule has 12 heteroatoms. The van der Waals surface area contributed by atoms with Gasteiger partial charge >= 0.3 is 0 Å². The normalized spacial score (nSPS) is 17.1. The Morgan fingerprint density at radius 2 is 1.97 bits per heavy atom. The fourth-order valence-corrected chi connectivity index (χ4v) is 6.39. The zero-order valence-corrected chi connectivity index (χ0v) is 18.1. The van der Waals surface area contributed by atoms with Crippen LogP contribution in [0.15, 0.2) is 47.4 Å². The number of nitrogens with one attached hydrogen (secondary N) is 1. The lowest BCUT2D eigenvalue weighted by Crippen LogP contribution is -2.30. The molecule has 1 saturated heterocycles. The molecule has 162 valence electrons. The van der Waals surface area contributed by atoms with Gasteiger partial charge in [0.15, 0.2) is 0 Å². The van der Waals surface area contributed by atoms with Crippen LogP contribution >= 0.6 is 22.9 Å². The second-order valence-corrected chi connectivity index (χ2v) is 10.0. The number of benzene rings is 2. The molecule has 2 heterocycles. The molecular formula is C19H15ClF2N4O3S2. The summed E-state index contributed by atoms with van der Waals surface area (Å²) in [6.07, 6.45) is 1.11. The van der Waals surface area contributed by atoms with Crippen molar-refractivity contribution < 1.29 is 22.0 Å². The highest BCUT2D eigenvalue weighted by atomic mass is 35.5. The van der Waals surface area contributed by atoms with Crippen molar-refractivity contribution in [2.45, 2.75) is 23.8 Å². The second kappa shape index (κ2) is 8.58. The molecule has 4 rings (SSSR count). The maximum Gasteiger partial charge on any atom is 0.286 e. The molecular weight excluding hydrogens is 470 g/mol. The zero-order chi connectivity index (χ0) is 22.2. The first kappa shape index (κ1) is 21.8. The summed E-state index contributed by atoms with van der Waals surface area (Å²) >= 11 is 7.00. The average molecular weight is 485 g/mol. The summed E-state index contributed by atoms with van der Waals surface area (Å²) in [5, 5.41) is 10.5. The maximum atomic E-state index is 13.8. The lowest BCUT2D eigenvalue weighted by atomic mass is 10.2. The highest BCUT2D eigenvalue weighted by Gasteiger charge is 2.39. The predicted molar refractivity (Wildman–Crippen MR) is 112 cm³/mol. The zero-order valence-electron chi connectivity index (χ0n) is 15.8. The van der Waals surface area contributed by atoms with Gasteiger partial charge in [-0.3, -0.25) is 4.79 Å². The fraction of sp³-hybridized carbons (Fsp3) is 0.211. The highest BCUT2D eigenvalue weighted by molar-refractivity contribution is 7.89. The van der Waals surface area contributed by atoms with Gasteiger partial charge in [0, 0.05) is 12.6 Å². The summed E-state index contributed by atoms with van der Waals surface area (Å²) in [7, 11) is -3.88. The van der Waals surface area contributed by atoms with E-state index < -0.39 is 33.6 Å². The summed E-state index contributed by atoms with van der Waals surface area (Å²) in [4.78, 5) is 12.4. The van der Waals surface area contributed by atoms with E-state index in [0.717, 1.165) is 23.5 Å². The molecule has 0 aliphatic carbocycles. The van der Waals surface area contributed by atoms with Gasteiger partial charge in [-0.15, -0.1) is 10.2 Å². The third-order valence-corrected chi connectivity index (χ3v) is 8.16. The number of aromatic nitrogens is 2. The van der Waals surface area contributed by atoms with Crippen LogP contribution in [0.3, 0.4) is 0 Å². The van der Waals surface area contributed by atoms with E-state index in [1.807, 2.05) is 0 Å². The van der Waals surface area contributed by atoms with Gasteiger partial charge in [-0.2, -0.15) is 4.31 Å². The highest BCUT2D eigenvalue weighted by Crippen LogP contribution is 2.39. The number of hydrogen-bond acceptors (Lipinski definition) is 6. The number of halogens is 3. The van der Waals surface area contributed by atoms with Crippen molar-refractivity contribution in [1.29, 1.82) is 0 Å². The Bertz CT molecular complexity index is 1250. The van der Waals surface area contributed by atoms with Crippen LogP contribution < -0.4 is 5.32 Å². The van der Waals surface area contributed by atoms with Crippen LogP contribution in [0, 0.1) is 11.6 Å². The van der Waals surface area contributed by atoms with Gasteiger partial charge in [-0.05, 0) is 37.1 Å². The standard InChI is InChI=1S/C19H15ClF2N4O3S2/c20-12-4-1-2-6-16(12)31(28,29)26-9-3-5-15(26)18-24-25-19(30-18)17(27)23-14-8-7-11(21)10-13(14)22/h1-2,4,6-8,10,15H,3,5,9H2,(H,23,27)/t15-/m1/s1. The number of amides is 1. The molecule has 0 radical (unpaired) electrons. The molecule has 1 amide bonds. The summed E-state index contributed by atoms with van der Waals surface area (Å²) in [5.74, 6) is -2.42. The molecule has 2 aromatic carbocycles. The number of carbonyl (C=O) groups is 1. The van der Waals surface area contributed by atoms with E-state index >= 15 is 0 Å². The quantitative estimate of drug-likeness (QED) is 0.584. The Balaban J connectivity index is 1.56. The minimum Gasteiger partial charge on any atom is -0.317 e. The number of hydrogen-bond donors (Lipinski definition) is 1. The minimum absolute atomic E-state index is 0.00201. The first-order chi connectivity index (χ1) is 14.8. The first-order valence-corrected chi connectivity index (χ1v) is 11.8. The third kappa shape index (κ3) is 4.31. The smallest absolute Gasteiger partial charge is 0.286 e. The van der Waals surface area contributed by atoms with Crippen molar-refractivity contribution in [3.8, 4) is 0 Å². The number of carbonyl (C=O) groups excluding carboxylic acids is 1. The second-order valence-electron chi connectivity index (χ2n) is 6.73. The first-order valence-electron chi connectivity index (χ1n) is 9.13. The lowest BCUT2D eigenvalue weighted by molar-refractivity contribution is 0.102. The molecule has 1 aromatic heterocycles. The Labute approximate surface area is 185 Å². The topological polar surface area (TPSA) is 92.3 Å². The van der Waals surface area contributed by atoms with E-state index in [1.54, 1.807) is 12.1 Å². The van der Waals surface area contributed by atoms with Crippen molar-refractivity contribution in [2.24, 2.45) is 0 Å². The van der Waals surface area contributed by atoms with Crippen LogP contribution in [0.5, 0.6) is 0 Å². The molecule has 1 aliphatic rings. The summed E-state index contributed by atoms with van der Waals surface area (Å²) in [6.45, 7) is 0.278. The molecule has 1 atom stereocenters. The molecule has 1 fully saturated rings. The maximum absolute atomic E-state index is 13.8. The number of nitrogens with zero attached hydrogens (tertiary/aromatic N) is 3. The molecule has 1 aliphatic heterocycles. The van der Waals surface area contributed by atoms with E-state index in [1.165, 1.54) is 16.4 Å². The van der Waals surface area contributed by atoms with Gasteiger partial charge < -0.3 is 5.32 Å². The van der Waals surface area contributed by atoms with Crippen molar-refractivity contribution in [1.82, 2.24) is 14.5 Å². The number of sulfonamides is 1. The van der Waals surface area contributed by atoms with E-state index in [0.29, 0.717) is 23.9 Å². The molecule has 7 nitrogen and oxygen atoms in total. The molecule has 31 heavy (non-hydrogen) atoms. The Morgan fingerprint density at radius 3 is 2.71 bits per heavy atom. The van der Waals surface area contributed by atoms with E-state index in [2.05, 4.69) is 15.5 Å². The molecule has 0 bridgehead atoms. The van der Waals surface area contributed by atoms with E-state index in [-0.39, 0.29) is 27.2 Å². The summed E-state index contributed by atoms with van der Waals surface area (Å²) < 4.78 is 54.4. The number of anilines is 1. The summed E-state index contributed by atoms with van der Waals surface area (Å²) in [5.41, 5.74) is -0.202. The molecule has 0 spiro atoms. The lowest BCUT2D eigenvalue weighted by Gasteiger charge is -2.22. The number of rotatable bonds is 5. The monoisotopic (exact) mass is 484 g/mol. The van der Waals surface area contributed by atoms with Gasteiger partial charge in [0.05, 0.1) is 16.8 Å². The van der Waals surface area contributed by atoms with Crippen LogP contribution in [0.1, 0.15) is 33.7 Å². The van der Waals surface area contributed by atoms with Crippen LogP contribution in [0.2, 0.25) is 5.02 Å². The predicted octanol–water partition coefficient (Wildman–Crippen LogP) is 4.25. The molecule has 0 saturated carbocycles. The minimum atomic E-state index is -3.88. The third-order valence-electron chi connectivity index (χ3n) is 4.73. The van der Waals surface area contributed by atoms with Crippen molar-refractivity contribution in [3.05, 3.63) is 69.1 Å². The van der Waals surface area contributed by atoms with E-state index in [9.17, 15) is 22.0 Å². The van der Waals surface area contributed by atoms with Crippen LogP contribution in [-0.2, 0) is 10.0 Å². The van der Waals surface area contributed by atoms with Crippen molar-refractivity contribution in [2.75, 3.05) is 11.9 Å². The van der Waals surface area contributed by atoms with Crippen molar-refractivity contribution in [3.63, 3.8) is 0 Å². The van der Waals surface area contributed by atoms with Gasteiger partial charge in [-0.25, -0.2) is 17.2 Å². The molecule has 1 N–H and O–H groups in total. The van der Waals surface area contributed by atoms with Gasteiger partial charge in [0.25, 0.3) is 5.91 Å².